The predicted octanol–water partition coefficient (Wildman–Crippen LogP) is 2.10. The van der Waals surface area contributed by atoms with E-state index in [0.29, 0.717) is 5.92 Å². The van der Waals surface area contributed by atoms with Gasteiger partial charge in [-0.05, 0) is 24.0 Å². The van der Waals surface area contributed by atoms with E-state index < -0.39 is 0 Å². The fraction of sp³-hybridized carbons (Fsp3) is 0.385. The fourth-order valence-corrected chi connectivity index (χ4v) is 2.17. The lowest BCUT2D eigenvalue weighted by atomic mass is 9.93. The van der Waals surface area contributed by atoms with Crippen molar-refractivity contribution < 1.29 is 9.84 Å². The van der Waals surface area contributed by atoms with Gasteiger partial charge in [-0.15, -0.1) is 0 Å². The Labute approximate surface area is 90.2 Å². The Morgan fingerprint density at radius 3 is 2.73 bits per heavy atom. The molecule has 1 aromatic rings. The quantitative estimate of drug-likeness (QED) is 0.761. The maximum atomic E-state index is 9.23. The van der Waals surface area contributed by atoms with E-state index in [1.165, 1.54) is 5.56 Å². The van der Waals surface area contributed by atoms with Crippen molar-refractivity contribution in [2.75, 3.05) is 13.7 Å². The largest absolute Gasteiger partial charge is 0.505 e. The van der Waals surface area contributed by atoms with Gasteiger partial charge in [0.1, 0.15) is 0 Å². The number of ether oxygens (including phenoxy) is 1. The monoisotopic (exact) mass is 204 g/mol. The molecule has 0 bridgehead atoms. The Morgan fingerprint density at radius 2 is 2.20 bits per heavy atom. The topological polar surface area (TPSA) is 29.5 Å². The molecule has 15 heavy (non-hydrogen) atoms. The molecule has 1 aromatic carbocycles. The van der Waals surface area contributed by atoms with E-state index in [9.17, 15) is 5.11 Å². The molecule has 0 spiro atoms. The van der Waals surface area contributed by atoms with Crippen LogP contribution in [0.2, 0.25) is 0 Å². The molecule has 1 aliphatic rings. The van der Waals surface area contributed by atoms with Gasteiger partial charge in [0.2, 0.25) is 0 Å². The molecule has 0 aromatic heterocycles. The molecule has 2 rings (SSSR count). The van der Waals surface area contributed by atoms with Crippen LogP contribution in [-0.4, -0.2) is 18.8 Å². The SMILES string of the molecule is COC=C[C@@]1(c2ccccc2)C[C@H]1CO. The molecule has 1 fully saturated rings. The Morgan fingerprint density at radius 1 is 1.47 bits per heavy atom. The van der Waals surface area contributed by atoms with Crippen LogP contribution in [0.1, 0.15) is 12.0 Å². The smallest absolute Gasteiger partial charge is 0.0793 e. The van der Waals surface area contributed by atoms with Gasteiger partial charge in [0.05, 0.1) is 13.4 Å². The minimum absolute atomic E-state index is 0.00597. The van der Waals surface area contributed by atoms with Crippen LogP contribution in [0, 0.1) is 5.92 Å². The predicted molar refractivity (Wildman–Crippen MR) is 59.5 cm³/mol. The lowest BCUT2D eigenvalue weighted by Crippen LogP contribution is -2.08. The van der Waals surface area contributed by atoms with Crippen molar-refractivity contribution in [1.82, 2.24) is 0 Å². The number of allylic oxidation sites excluding steroid dienone is 1. The first-order valence-electron chi connectivity index (χ1n) is 5.20. The Bertz CT molecular complexity index is 345. The van der Waals surface area contributed by atoms with Crippen LogP contribution in [0.5, 0.6) is 0 Å². The van der Waals surface area contributed by atoms with Crippen LogP contribution < -0.4 is 0 Å². The standard InChI is InChI=1S/C13H16O2/c1-15-8-7-13(9-12(13)10-14)11-5-3-2-4-6-11/h2-8,12,14H,9-10H2,1H3/t12-,13-/m0/s1. The summed E-state index contributed by atoms with van der Waals surface area (Å²) in [6, 6.07) is 10.3. The third-order valence-corrected chi connectivity index (χ3v) is 3.19. The molecule has 2 nitrogen and oxygen atoms in total. The summed E-state index contributed by atoms with van der Waals surface area (Å²) < 4.78 is 4.97. The second-order valence-corrected chi connectivity index (χ2v) is 4.03. The molecule has 2 atom stereocenters. The zero-order chi connectivity index (χ0) is 10.7. The summed E-state index contributed by atoms with van der Waals surface area (Å²) in [7, 11) is 1.64. The minimum Gasteiger partial charge on any atom is -0.505 e. The van der Waals surface area contributed by atoms with Gasteiger partial charge in [-0.25, -0.2) is 0 Å². The van der Waals surface area contributed by atoms with Crippen molar-refractivity contribution in [2.45, 2.75) is 11.8 Å². The maximum absolute atomic E-state index is 9.23. The number of aliphatic hydroxyl groups excluding tert-OH is 1. The first kappa shape index (κ1) is 10.2. The van der Waals surface area contributed by atoms with Crippen molar-refractivity contribution >= 4 is 0 Å². The van der Waals surface area contributed by atoms with Crippen molar-refractivity contribution in [3.63, 3.8) is 0 Å². The number of hydrogen-bond acceptors (Lipinski definition) is 2. The zero-order valence-corrected chi connectivity index (χ0v) is 8.89. The molecule has 1 N–H and O–H groups in total. The van der Waals surface area contributed by atoms with Gasteiger partial charge in [-0.2, -0.15) is 0 Å². The third kappa shape index (κ3) is 1.77. The summed E-state index contributed by atoms with van der Waals surface area (Å²) in [5.41, 5.74) is 1.27. The average molecular weight is 204 g/mol. The van der Waals surface area contributed by atoms with Crippen molar-refractivity contribution in [2.24, 2.45) is 5.92 Å². The van der Waals surface area contributed by atoms with Crippen LogP contribution in [0.4, 0.5) is 0 Å². The molecule has 2 heteroatoms. The molecule has 1 aliphatic carbocycles. The molecular formula is C13H16O2. The first-order chi connectivity index (χ1) is 7.33. The van der Waals surface area contributed by atoms with Gasteiger partial charge >= 0.3 is 0 Å². The number of methoxy groups -OCH3 is 1. The molecule has 0 saturated heterocycles. The summed E-state index contributed by atoms with van der Waals surface area (Å²) in [6.45, 7) is 0.239. The number of benzene rings is 1. The van der Waals surface area contributed by atoms with Crippen molar-refractivity contribution in [1.29, 1.82) is 0 Å². The van der Waals surface area contributed by atoms with E-state index in [1.54, 1.807) is 13.4 Å². The lowest BCUT2D eigenvalue weighted by Gasteiger charge is -2.12. The molecule has 80 valence electrons. The van der Waals surface area contributed by atoms with Gasteiger partial charge in [-0.1, -0.05) is 30.3 Å². The number of aliphatic hydroxyl groups is 1. The Kier molecular flexibility index (Phi) is 2.78. The molecule has 0 radical (unpaired) electrons. The highest BCUT2D eigenvalue weighted by Gasteiger charge is 2.52. The third-order valence-electron chi connectivity index (χ3n) is 3.19. The van der Waals surface area contributed by atoms with E-state index >= 15 is 0 Å². The highest BCUT2D eigenvalue weighted by Crippen LogP contribution is 2.55. The van der Waals surface area contributed by atoms with Crippen LogP contribution in [0.25, 0.3) is 0 Å². The van der Waals surface area contributed by atoms with Gasteiger partial charge in [0, 0.05) is 12.0 Å². The zero-order valence-electron chi connectivity index (χ0n) is 8.89. The van der Waals surface area contributed by atoms with Gasteiger partial charge in [0.25, 0.3) is 0 Å². The maximum Gasteiger partial charge on any atom is 0.0793 e. The number of rotatable bonds is 4. The normalized spacial score (nSPS) is 29.3. The second-order valence-electron chi connectivity index (χ2n) is 4.03. The van der Waals surface area contributed by atoms with Crippen LogP contribution in [-0.2, 0) is 10.2 Å². The summed E-state index contributed by atoms with van der Waals surface area (Å²) in [4.78, 5) is 0. The minimum atomic E-state index is 0.00597. The van der Waals surface area contributed by atoms with Crippen molar-refractivity contribution in [3.8, 4) is 0 Å². The van der Waals surface area contributed by atoms with Gasteiger partial charge < -0.3 is 9.84 Å². The van der Waals surface area contributed by atoms with Crippen LogP contribution >= 0.6 is 0 Å². The summed E-state index contributed by atoms with van der Waals surface area (Å²) in [6.07, 6.45) is 4.78. The van der Waals surface area contributed by atoms with Gasteiger partial charge in [0.15, 0.2) is 0 Å². The van der Waals surface area contributed by atoms with E-state index in [0.717, 1.165) is 6.42 Å². The van der Waals surface area contributed by atoms with Crippen molar-refractivity contribution in [3.05, 3.63) is 48.2 Å². The fourth-order valence-electron chi connectivity index (χ4n) is 2.17. The highest BCUT2D eigenvalue weighted by atomic mass is 16.5. The average Bonchev–Trinajstić information content (AvgIpc) is 3.03. The Balaban J connectivity index is 2.26. The summed E-state index contributed by atoms with van der Waals surface area (Å²) >= 11 is 0. The molecule has 0 amide bonds. The molecule has 0 heterocycles. The summed E-state index contributed by atoms with van der Waals surface area (Å²) in [5.74, 6) is 0.339. The van der Waals surface area contributed by atoms with Crippen LogP contribution in [0.15, 0.2) is 42.7 Å². The molecular weight excluding hydrogens is 188 g/mol. The summed E-state index contributed by atoms with van der Waals surface area (Å²) in [5, 5.41) is 9.23. The molecule has 1 saturated carbocycles. The molecule has 0 aliphatic heterocycles. The molecule has 0 unspecified atom stereocenters. The second kappa shape index (κ2) is 4.07. The highest BCUT2D eigenvalue weighted by molar-refractivity contribution is 5.39. The van der Waals surface area contributed by atoms with Crippen LogP contribution in [0.3, 0.4) is 0 Å². The Hall–Kier alpha value is -1.28. The first-order valence-corrected chi connectivity index (χ1v) is 5.20. The van der Waals surface area contributed by atoms with E-state index in [4.69, 9.17) is 4.74 Å². The lowest BCUT2D eigenvalue weighted by molar-refractivity contribution is 0.267. The van der Waals surface area contributed by atoms with E-state index in [1.807, 2.05) is 18.2 Å². The number of hydrogen-bond donors (Lipinski definition) is 1. The van der Waals surface area contributed by atoms with E-state index in [-0.39, 0.29) is 12.0 Å². The van der Waals surface area contributed by atoms with E-state index in [2.05, 4.69) is 18.2 Å². The van der Waals surface area contributed by atoms with Gasteiger partial charge in [-0.3, -0.25) is 0 Å².